The van der Waals surface area contributed by atoms with Crippen molar-refractivity contribution >= 4 is 0 Å². The van der Waals surface area contributed by atoms with Crippen molar-refractivity contribution in [1.82, 2.24) is 10.2 Å². The molecule has 1 aliphatic rings. The van der Waals surface area contributed by atoms with Gasteiger partial charge in [0.1, 0.15) is 5.75 Å². The van der Waals surface area contributed by atoms with Gasteiger partial charge in [0, 0.05) is 19.1 Å². The predicted octanol–water partition coefficient (Wildman–Crippen LogP) is 2.58. The summed E-state index contributed by atoms with van der Waals surface area (Å²) in [5.74, 6) is 0.969. The monoisotopic (exact) mass is 262 g/mol. The topological polar surface area (TPSA) is 24.5 Å². The fraction of sp³-hybridized carbons (Fsp3) is 0.625. The van der Waals surface area contributed by atoms with E-state index in [1.54, 1.807) is 7.11 Å². The molecule has 106 valence electrons. The van der Waals surface area contributed by atoms with Crippen molar-refractivity contribution in [3.8, 4) is 5.75 Å². The molecule has 0 bridgehead atoms. The maximum Gasteiger partial charge on any atom is 0.121 e. The lowest BCUT2D eigenvalue weighted by Crippen LogP contribution is -2.37. The molecule has 0 saturated carbocycles. The van der Waals surface area contributed by atoms with E-state index in [2.05, 4.69) is 42.3 Å². The Hall–Kier alpha value is -1.06. The van der Waals surface area contributed by atoms with Gasteiger partial charge in [-0.25, -0.2) is 0 Å². The lowest BCUT2D eigenvalue weighted by Gasteiger charge is -2.23. The van der Waals surface area contributed by atoms with E-state index in [4.69, 9.17) is 4.74 Å². The molecular weight excluding hydrogens is 236 g/mol. The maximum atomic E-state index is 5.29. The molecule has 1 saturated heterocycles. The zero-order valence-corrected chi connectivity index (χ0v) is 12.4. The number of rotatable bonds is 6. The molecule has 0 aromatic heterocycles. The summed E-state index contributed by atoms with van der Waals surface area (Å²) in [6.45, 7) is 8.83. The van der Waals surface area contributed by atoms with Crippen LogP contribution in [0.25, 0.3) is 0 Å². The summed E-state index contributed by atoms with van der Waals surface area (Å²) in [5.41, 5.74) is 2.54. The van der Waals surface area contributed by atoms with E-state index in [-0.39, 0.29) is 0 Å². The van der Waals surface area contributed by atoms with Crippen molar-refractivity contribution in [3.63, 3.8) is 0 Å². The van der Waals surface area contributed by atoms with Crippen molar-refractivity contribution in [1.29, 1.82) is 0 Å². The first-order valence-corrected chi connectivity index (χ1v) is 7.33. The molecule has 1 aromatic rings. The highest BCUT2D eigenvalue weighted by atomic mass is 16.5. The van der Waals surface area contributed by atoms with Crippen LogP contribution in [-0.4, -0.2) is 37.7 Å². The van der Waals surface area contributed by atoms with Crippen LogP contribution in [-0.2, 0) is 6.54 Å². The molecule has 2 rings (SSSR count). The number of benzene rings is 1. The molecule has 1 aromatic carbocycles. The van der Waals surface area contributed by atoms with Crippen molar-refractivity contribution in [2.45, 2.75) is 39.3 Å². The number of likely N-dealkylation sites (tertiary alicyclic amines) is 1. The largest absolute Gasteiger partial charge is 0.496 e. The molecule has 3 heteroatoms. The van der Waals surface area contributed by atoms with Gasteiger partial charge >= 0.3 is 0 Å². The molecule has 1 N–H and O–H groups in total. The van der Waals surface area contributed by atoms with Crippen LogP contribution in [0.15, 0.2) is 18.2 Å². The fourth-order valence-electron chi connectivity index (χ4n) is 2.98. The number of hydrogen-bond donors (Lipinski definition) is 1. The number of hydrogen-bond acceptors (Lipinski definition) is 3. The molecule has 1 aliphatic heterocycles. The first-order chi connectivity index (χ1) is 9.24. The van der Waals surface area contributed by atoms with E-state index in [9.17, 15) is 0 Å². The highest BCUT2D eigenvalue weighted by Crippen LogP contribution is 2.19. The summed E-state index contributed by atoms with van der Waals surface area (Å²) in [4.78, 5) is 2.58. The number of nitrogens with one attached hydrogen (secondary N) is 1. The number of likely N-dealkylation sites (N-methyl/N-ethyl adjacent to an activating group) is 1. The first kappa shape index (κ1) is 14.4. The van der Waals surface area contributed by atoms with Crippen LogP contribution < -0.4 is 10.1 Å². The van der Waals surface area contributed by atoms with Gasteiger partial charge < -0.3 is 10.1 Å². The average molecular weight is 262 g/mol. The lowest BCUT2D eigenvalue weighted by atomic mass is 10.1. The van der Waals surface area contributed by atoms with Gasteiger partial charge in [-0.05, 0) is 50.0 Å². The van der Waals surface area contributed by atoms with E-state index in [0.29, 0.717) is 0 Å². The predicted molar refractivity (Wildman–Crippen MR) is 79.7 cm³/mol. The van der Waals surface area contributed by atoms with E-state index in [0.717, 1.165) is 24.9 Å². The van der Waals surface area contributed by atoms with Crippen LogP contribution in [0.5, 0.6) is 5.75 Å². The average Bonchev–Trinajstić information content (AvgIpc) is 2.86. The third-order valence-corrected chi connectivity index (χ3v) is 4.07. The Morgan fingerprint density at radius 2 is 2.26 bits per heavy atom. The van der Waals surface area contributed by atoms with Gasteiger partial charge in [-0.2, -0.15) is 0 Å². The maximum absolute atomic E-state index is 5.29. The van der Waals surface area contributed by atoms with Crippen molar-refractivity contribution < 1.29 is 4.74 Å². The third kappa shape index (κ3) is 3.71. The molecule has 1 heterocycles. The second-order valence-electron chi connectivity index (χ2n) is 5.36. The molecule has 0 radical (unpaired) electrons. The summed E-state index contributed by atoms with van der Waals surface area (Å²) >= 11 is 0. The molecule has 3 nitrogen and oxygen atoms in total. The molecule has 1 unspecified atom stereocenters. The van der Waals surface area contributed by atoms with Gasteiger partial charge in [0.25, 0.3) is 0 Å². The number of methoxy groups -OCH3 is 1. The quantitative estimate of drug-likeness (QED) is 0.853. The Morgan fingerprint density at radius 1 is 1.42 bits per heavy atom. The smallest absolute Gasteiger partial charge is 0.121 e. The van der Waals surface area contributed by atoms with E-state index in [1.807, 2.05) is 0 Å². The van der Waals surface area contributed by atoms with Crippen LogP contribution in [0, 0.1) is 6.92 Å². The first-order valence-electron chi connectivity index (χ1n) is 7.33. The summed E-state index contributed by atoms with van der Waals surface area (Å²) in [6, 6.07) is 7.13. The normalized spacial score (nSPS) is 19.8. The summed E-state index contributed by atoms with van der Waals surface area (Å²) in [6.07, 6.45) is 2.68. The van der Waals surface area contributed by atoms with Crippen LogP contribution >= 0.6 is 0 Å². The molecule has 0 aliphatic carbocycles. The molecule has 19 heavy (non-hydrogen) atoms. The summed E-state index contributed by atoms with van der Waals surface area (Å²) in [5, 5.41) is 3.59. The Balaban J connectivity index is 1.81. The second-order valence-corrected chi connectivity index (χ2v) is 5.36. The standard InChI is InChI=1S/C16H26N2O/c1-4-18-9-5-6-15(18)12-17-11-14-7-8-16(19-3)13(2)10-14/h7-8,10,15,17H,4-6,9,11-12H2,1-3H3. The highest BCUT2D eigenvalue weighted by Gasteiger charge is 2.21. The van der Waals surface area contributed by atoms with E-state index >= 15 is 0 Å². The van der Waals surface area contributed by atoms with Gasteiger partial charge in [-0.3, -0.25) is 4.90 Å². The minimum Gasteiger partial charge on any atom is -0.496 e. The van der Waals surface area contributed by atoms with Crippen molar-refractivity contribution in [3.05, 3.63) is 29.3 Å². The fourth-order valence-corrected chi connectivity index (χ4v) is 2.98. The Kier molecular flexibility index (Phi) is 5.23. The van der Waals surface area contributed by atoms with Gasteiger partial charge in [0.05, 0.1) is 7.11 Å². The zero-order valence-electron chi connectivity index (χ0n) is 12.4. The van der Waals surface area contributed by atoms with Crippen molar-refractivity contribution in [2.24, 2.45) is 0 Å². The second kappa shape index (κ2) is 6.92. The van der Waals surface area contributed by atoms with E-state index in [1.165, 1.54) is 37.1 Å². The molecule has 0 spiro atoms. The SMILES string of the molecule is CCN1CCCC1CNCc1ccc(OC)c(C)c1. The minimum atomic E-state index is 0.726. The lowest BCUT2D eigenvalue weighted by molar-refractivity contribution is 0.260. The number of ether oxygens (including phenoxy) is 1. The molecule has 1 atom stereocenters. The molecular formula is C16H26N2O. The Morgan fingerprint density at radius 3 is 2.95 bits per heavy atom. The molecule has 0 amide bonds. The van der Waals surface area contributed by atoms with Crippen molar-refractivity contribution in [2.75, 3.05) is 26.7 Å². The Labute approximate surface area is 116 Å². The van der Waals surface area contributed by atoms with Crippen LogP contribution in [0.2, 0.25) is 0 Å². The van der Waals surface area contributed by atoms with Gasteiger partial charge in [0.2, 0.25) is 0 Å². The van der Waals surface area contributed by atoms with Crippen LogP contribution in [0.3, 0.4) is 0 Å². The van der Waals surface area contributed by atoms with Crippen LogP contribution in [0.4, 0.5) is 0 Å². The zero-order chi connectivity index (χ0) is 13.7. The summed E-state index contributed by atoms with van der Waals surface area (Å²) < 4.78 is 5.29. The Bertz CT molecular complexity index is 406. The van der Waals surface area contributed by atoms with Gasteiger partial charge in [0.15, 0.2) is 0 Å². The van der Waals surface area contributed by atoms with Gasteiger partial charge in [-0.1, -0.05) is 19.1 Å². The number of nitrogens with zero attached hydrogens (tertiary/aromatic N) is 1. The minimum absolute atomic E-state index is 0.726. The van der Waals surface area contributed by atoms with Gasteiger partial charge in [-0.15, -0.1) is 0 Å². The van der Waals surface area contributed by atoms with E-state index < -0.39 is 0 Å². The third-order valence-electron chi connectivity index (χ3n) is 4.07. The highest BCUT2D eigenvalue weighted by molar-refractivity contribution is 5.36. The summed E-state index contributed by atoms with van der Waals surface area (Å²) in [7, 11) is 1.72. The van der Waals surface area contributed by atoms with Crippen LogP contribution in [0.1, 0.15) is 30.9 Å². The number of aryl methyl sites for hydroxylation is 1. The molecule has 1 fully saturated rings.